The van der Waals surface area contributed by atoms with E-state index in [-0.39, 0.29) is 5.75 Å². The molecule has 3 nitrogen and oxygen atoms in total. The van der Waals surface area contributed by atoms with Gasteiger partial charge in [-0.2, -0.15) is 0 Å². The third-order valence-corrected chi connectivity index (χ3v) is 4.18. The summed E-state index contributed by atoms with van der Waals surface area (Å²) >= 11 is 6.12. The Morgan fingerprint density at radius 3 is 2.74 bits per heavy atom. The molecular formula is C15H17ClN2O. The molecule has 4 heteroatoms. The molecular weight excluding hydrogens is 260 g/mol. The van der Waals surface area contributed by atoms with Crippen LogP contribution in [0, 0.1) is 0 Å². The van der Waals surface area contributed by atoms with Gasteiger partial charge in [0, 0.05) is 23.0 Å². The van der Waals surface area contributed by atoms with Crippen LogP contribution in [-0.4, -0.2) is 21.5 Å². The first kappa shape index (κ1) is 12.5. The topological polar surface area (TPSA) is 45.2 Å². The number of aromatic nitrogens is 1. The highest BCUT2D eigenvalue weighted by molar-refractivity contribution is 6.20. The van der Waals surface area contributed by atoms with Gasteiger partial charge >= 0.3 is 0 Å². The Morgan fingerprint density at radius 2 is 1.95 bits per heavy atom. The van der Waals surface area contributed by atoms with Crippen LogP contribution < -0.4 is 5.32 Å². The van der Waals surface area contributed by atoms with E-state index >= 15 is 0 Å². The number of alkyl halides is 1. The van der Waals surface area contributed by atoms with Crippen LogP contribution in [0.4, 0.5) is 5.82 Å². The number of nitrogens with one attached hydrogen (secondary N) is 1. The SMILES string of the molecule is Oc1ccc2ccnc(NC3CCC(Cl)CC3)c2c1. The quantitative estimate of drug-likeness (QED) is 0.818. The highest BCUT2D eigenvalue weighted by Gasteiger charge is 2.20. The number of rotatable bonds is 2. The van der Waals surface area contributed by atoms with Crippen molar-refractivity contribution in [1.82, 2.24) is 4.98 Å². The van der Waals surface area contributed by atoms with E-state index in [0.717, 1.165) is 42.3 Å². The highest BCUT2D eigenvalue weighted by atomic mass is 35.5. The van der Waals surface area contributed by atoms with Crippen molar-refractivity contribution in [2.24, 2.45) is 0 Å². The minimum absolute atomic E-state index is 0.271. The van der Waals surface area contributed by atoms with Crippen LogP contribution in [0.1, 0.15) is 25.7 Å². The van der Waals surface area contributed by atoms with Crippen molar-refractivity contribution in [3.05, 3.63) is 30.5 Å². The number of pyridine rings is 1. The van der Waals surface area contributed by atoms with Gasteiger partial charge < -0.3 is 10.4 Å². The number of fused-ring (bicyclic) bond motifs is 1. The molecule has 0 aliphatic heterocycles. The van der Waals surface area contributed by atoms with Crippen LogP contribution in [0.15, 0.2) is 30.5 Å². The molecule has 1 aliphatic carbocycles. The Morgan fingerprint density at radius 1 is 1.16 bits per heavy atom. The third kappa shape index (κ3) is 2.76. The Kier molecular flexibility index (Phi) is 3.47. The van der Waals surface area contributed by atoms with Gasteiger partial charge in [-0.05, 0) is 49.3 Å². The van der Waals surface area contributed by atoms with E-state index < -0.39 is 0 Å². The number of hydrogen-bond donors (Lipinski definition) is 2. The van der Waals surface area contributed by atoms with Gasteiger partial charge in [-0.3, -0.25) is 0 Å². The summed E-state index contributed by atoms with van der Waals surface area (Å²) in [5.74, 6) is 1.12. The van der Waals surface area contributed by atoms with E-state index in [2.05, 4.69) is 10.3 Å². The van der Waals surface area contributed by atoms with Gasteiger partial charge in [-0.1, -0.05) is 6.07 Å². The highest BCUT2D eigenvalue weighted by Crippen LogP contribution is 2.29. The summed E-state index contributed by atoms with van der Waals surface area (Å²) in [6, 6.07) is 7.75. The zero-order valence-corrected chi connectivity index (χ0v) is 11.4. The first-order valence-electron chi connectivity index (χ1n) is 6.71. The number of nitrogens with zero attached hydrogens (tertiary/aromatic N) is 1. The molecule has 0 atom stereocenters. The summed E-state index contributed by atoms with van der Waals surface area (Å²) in [6.07, 6.45) is 6.05. The van der Waals surface area contributed by atoms with E-state index in [4.69, 9.17) is 11.6 Å². The largest absolute Gasteiger partial charge is 0.508 e. The molecule has 3 rings (SSSR count). The molecule has 1 aliphatic rings. The van der Waals surface area contributed by atoms with Crippen molar-refractivity contribution in [2.45, 2.75) is 37.1 Å². The van der Waals surface area contributed by atoms with Crippen LogP contribution in [0.5, 0.6) is 5.75 Å². The molecule has 100 valence electrons. The molecule has 2 N–H and O–H groups in total. The second kappa shape index (κ2) is 5.25. The molecule has 2 aromatic rings. The molecule has 0 saturated heterocycles. The summed E-state index contributed by atoms with van der Waals surface area (Å²) in [5.41, 5.74) is 0. The van der Waals surface area contributed by atoms with Crippen LogP contribution >= 0.6 is 11.6 Å². The van der Waals surface area contributed by atoms with Gasteiger partial charge in [0.25, 0.3) is 0 Å². The lowest BCUT2D eigenvalue weighted by Gasteiger charge is -2.26. The van der Waals surface area contributed by atoms with Crippen LogP contribution in [0.2, 0.25) is 0 Å². The lowest BCUT2D eigenvalue weighted by atomic mass is 9.95. The molecule has 0 spiro atoms. The monoisotopic (exact) mass is 276 g/mol. The second-order valence-electron chi connectivity index (χ2n) is 5.16. The molecule has 0 radical (unpaired) electrons. The predicted octanol–water partition coefficient (Wildman–Crippen LogP) is 3.90. The van der Waals surface area contributed by atoms with Crippen molar-refractivity contribution in [3.63, 3.8) is 0 Å². The summed E-state index contributed by atoms with van der Waals surface area (Å²) in [4.78, 5) is 4.41. The Bertz CT molecular complexity index is 579. The minimum atomic E-state index is 0.271. The summed E-state index contributed by atoms with van der Waals surface area (Å²) in [6.45, 7) is 0. The first-order valence-corrected chi connectivity index (χ1v) is 7.14. The van der Waals surface area contributed by atoms with Gasteiger partial charge in [0.1, 0.15) is 11.6 Å². The Balaban J connectivity index is 1.86. The molecule has 1 heterocycles. The molecule has 1 aromatic heterocycles. The van der Waals surface area contributed by atoms with Gasteiger partial charge in [0.05, 0.1) is 0 Å². The zero-order valence-electron chi connectivity index (χ0n) is 10.6. The maximum atomic E-state index is 9.62. The van der Waals surface area contributed by atoms with E-state index in [9.17, 15) is 5.11 Å². The van der Waals surface area contributed by atoms with Crippen LogP contribution in [-0.2, 0) is 0 Å². The maximum absolute atomic E-state index is 9.62. The Hall–Kier alpha value is -1.48. The Labute approximate surface area is 117 Å². The van der Waals surface area contributed by atoms with Gasteiger partial charge in [0.15, 0.2) is 0 Å². The molecule has 0 amide bonds. The van der Waals surface area contributed by atoms with E-state index in [1.165, 1.54) is 0 Å². The van der Waals surface area contributed by atoms with Crippen molar-refractivity contribution in [3.8, 4) is 5.75 Å². The fourth-order valence-electron chi connectivity index (χ4n) is 2.66. The number of halogens is 1. The van der Waals surface area contributed by atoms with E-state index in [1.807, 2.05) is 12.1 Å². The average Bonchev–Trinajstić information content (AvgIpc) is 2.42. The number of anilines is 1. The fraction of sp³-hybridized carbons (Fsp3) is 0.400. The fourth-order valence-corrected chi connectivity index (χ4v) is 2.91. The smallest absolute Gasteiger partial charge is 0.134 e. The average molecular weight is 277 g/mol. The molecule has 1 fully saturated rings. The molecule has 0 unspecified atom stereocenters. The van der Waals surface area contributed by atoms with Crippen LogP contribution in [0.3, 0.4) is 0 Å². The van der Waals surface area contributed by atoms with Crippen molar-refractivity contribution >= 4 is 28.2 Å². The predicted molar refractivity (Wildman–Crippen MR) is 78.9 cm³/mol. The maximum Gasteiger partial charge on any atom is 0.134 e. The van der Waals surface area contributed by atoms with E-state index in [1.54, 1.807) is 18.3 Å². The van der Waals surface area contributed by atoms with Crippen molar-refractivity contribution in [2.75, 3.05) is 5.32 Å². The number of aromatic hydroxyl groups is 1. The van der Waals surface area contributed by atoms with Crippen molar-refractivity contribution < 1.29 is 5.11 Å². The van der Waals surface area contributed by atoms with Gasteiger partial charge in [0.2, 0.25) is 0 Å². The molecule has 19 heavy (non-hydrogen) atoms. The summed E-state index contributed by atoms with van der Waals surface area (Å²) in [5, 5.41) is 15.5. The molecule has 1 aromatic carbocycles. The number of hydrogen-bond acceptors (Lipinski definition) is 3. The number of phenolic OH excluding ortho intramolecular Hbond substituents is 1. The molecule has 0 bridgehead atoms. The first-order chi connectivity index (χ1) is 9.22. The summed E-state index contributed by atoms with van der Waals surface area (Å²) < 4.78 is 0. The number of phenols is 1. The van der Waals surface area contributed by atoms with E-state index in [0.29, 0.717) is 11.4 Å². The number of benzene rings is 1. The lowest BCUT2D eigenvalue weighted by Crippen LogP contribution is -2.26. The van der Waals surface area contributed by atoms with Gasteiger partial charge in [-0.15, -0.1) is 11.6 Å². The normalized spacial score (nSPS) is 23.4. The standard InChI is InChI=1S/C15H17ClN2O/c16-11-2-4-12(5-3-11)18-15-14-9-13(19)6-1-10(14)7-8-17-15/h1,6-9,11-12,19H,2-5H2,(H,17,18). The molecule has 1 saturated carbocycles. The second-order valence-corrected chi connectivity index (χ2v) is 5.78. The van der Waals surface area contributed by atoms with Gasteiger partial charge in [-0.25, -0.2) is 4.98 Å². The lowest BCUT2D eigenvalue weighted by molar-refractivity contribution is 0.467. The minimum Gasteiger partial charge on any atom is -0.508 e. The zero-order chi connectivity index (χ0) is 13.2. The summed E-state index contributed by atoms with van der Waals surface area (Å²) in [7, 11) is 0. The third-order valence-electron chi connectivity index (χ3n) is 3.75. The van der Waals surface area contributed by atoms with Crippen molar-refractivity contribution in [1.29, 1.82) is 0 Å². The van der Waals surface area contributed by atoms with Crippen LogP contribution in [0.25, 0.3) is 10.8 Å².